The lowest BCUT2D eigenvalue weighted by Crippen LogP contribution is -2.29. The minimum Gasteiger partial charge on any atom is -0.328 e. The molecular weight excluding hydrogens is 291 g/mol. The van der Waals surface area contributed by atoms with E-state index >= 15 is 0 Å². The summed E-state index contributed by atoms with van der Waals surface area (Å²) in [6.07, 6.45) is 1.17. The van der Waals surface area contributed by atoms with E-state index in [-0.39, 0.29) is 18.4 Å². The van der Waals surface area contributed by atoms with Gasteiger partial charge in [0.15, 0.2) is 0 Å². The molecule has 0 aromatic heterocycles. The fraction of sp³-hybridized carbons (Fsp3) is 0.538. The maximum atomic E-state index is 6.17. The Bertz CT molecular complexity index is 376. The first-order valence-electron chi connectivity index (χ1n) is 5.98. The van der Waals surface area contributed by atoms with Crippen molar-refractivity contribution < 1.29 is 0 Å². The fourth-order valence-electron chi connectivity index (χ4n) is 2.34. The van der Waals surface area contributed by atoms with Gasteiger partial charge in [0.2, 0.25) is 0 Å². The molecule has 1 aliphatic heterocycles. The maximum absolute atomic E-state index is 6.17. The zero-order valence-electron chi connectivity index (χ0n) is 10.4. The van der Waals surface area contributed by atoms with Gasteiger partial charge in [-0.3, -0.25) is 4.90 Å². The molecule has 0 saturated carbocycles. The lowest BCUT2D eigenvalue weighted by atomic mass is 10.0. The normalized spacial score (nSPS) is 21.7. The van der Waals surface area contributed by atoms with Gasteiger partial charge in [-0.1, -0.05) is 29.3 Å². The van der Waals surface area contributed by atoms with E-state index in [1.807, 2.05) is 18.2 Å². The Kier molecular flexibility index (Phi) is 6.22. The first kappa shape index (κ1) is 16.1. The van der Waals surface area contributed by atoms with Gasteiger partial charge in [0.25, 0.3) is 0 Å². The zero-order chi connectivity index (χ0) is 12.4. The van der Waals surface area contributed by atoms with Crippen LogP contribution in [0.15, 0.2) is 18.2 Å². The zero-order valence-corrected chi connectivity index (χ0v) is 12.7. The van der Waals surface area contributed by atoms with Gasteiger partial charge in [0, 0.05) is 34.7 Å². The number of halogens is 3. The molecule has 5 heteroatoms. The lowest BCUT2D eigenvalue weighted by molar-refractivity contribution is 0.308. The molecule has 2 nitrogen and oxygen atoms in total. The Labute approximate surface area is 125 Å². The van der Waals surface area contributed by atoms with E-state index in [9.17, 15) is 0 Å². The smallest absolute Gasteiger partial charge is 0.0465 e. The molecular formula is C13H19Cl3N2. The highest BCUT2D eigenvalue weighted by molar-refractivity contribution is 6.35. The molecule has 1 aliphatic rings. The summed E-state index contributed by atoms with van der Waals surface area (Å²) in [6, 6.07) is 5.92. The largest absolute Gasteiger partial charge is 0.328 e. The standard InChI is InChI=1S/C13H18Cl2N2.ClH/c1-9(16)10-5-6-17(7-10)8-11-12(14)3-2-4-13(11)15;/h2-4,9-10H,5-8,16H2,1H3;1H. The summed E-state index contributed by atoms with van der Waals surface area (Å²) in [7, 11) is 0. The number of rotatable bonds is 3. The minimum atomic E-state index is 0. The number of hydrogen-bond acceptors (Lipinski definition) is 2. The molecule has 0 amide bonds. The summed E-state index contributed by atoms with van der Waals surface area (Å²) in [5.74, 6) is 0.594. The number of likely N-dealkylation sites (tertiary alicyclic amines) is 1. The fourth-order valence-corrected chi connectivity index (χ4v) is 2.86. The van der Waals surface area contributed by atoms with Crippen molar-refractivity contribution in [1.29, 1.82) is 0 Å². The van der Waals surface area contributed by atoms with Crippen LogP contribution in [0, 0.1) is 5.92 Å². The van der Waals surface area contributed by atoms with Crippen LogP contribution in [0.4, 0.5) is 0 Å². The average Bonchev–Trinajstić information content (AvgIpc) is 2.72. The topological polar surface area (TPSA) is 29.3 Å². The Morgan fingerprint density at radius 2 is 2.00 bits per heavy atom. The SMILES string of the molecule is CC(N)C1CCN(Cc2c(Cl)cccc2Cl)C1.Cl. The number of nitrogens with zero attached hydrogens (tertiary/aromatic N) is 1. The maximum Gasteiger partial charge on any atom is 0.0465 e. The molecule has 1 saturated heterocycles. The molecule has 1 aromatic rings. The van der Waals surface area contributed by atoms with Gasteiger partial charge in [-0.15, -0.1) is 12.4 Å². The first-order valence-corrected chi connectivity index (χ1v) is 6.74. The summed E-state index contributed by atoms with van der Waals surface area (Å²) in [5, 5.41) is 1.50. The van der Waals surface area contributed by atoms with E-state index in [1.165, 1.54) is 6.42 Å². The summed E-state index contributed by atoms with van der Waals surface area (Å²) in [4.78, 5) is 2.38. The van der Waals surface area contributed by atoms with Crippen molar-refractivity contribution in [3.63, 3.8) is 0 Å². The Balaban J connectivity index is 0.00000162. The molecule has 2 N–H and O–H groups in total. The van der Waals surface area contributed by atoms with Gasteiger partial charge >= 0.3 is 0 Å². The predicted octanol–water partition coefficient (Wildman–Crippen LogP) is 3.58. The van der Waals surface area contributed by atoms with Crippen LogP contribution < -0.4 is 5.73 Å². The van der Waals surface area contributed by atoms with Gasteiger partial charge in [0.1, 0.15) is 0 Å². The number of nitrogens with two attached hydrogens (primary N) is 1. The van der Waals surface area contributed by atoms with Crippen molar-refractivity contribution in [3.05, 3.63) is 33.8 Å². The third kappa shape index (κ3) is 3.75. The third-order valence-electron chi connectivity index (χ3n) is 3.50. The van der Waals surface area contributed by atoms with Crippen molar-refractivity contribution >= 4 is 35.6 Å². The summed E-state index contributed by atoms with van der Waals surface area (Å²) >= 11 is 12.3. The summed E-state index contributed by atoms with van der Waals surface area (Å²) in [6.45, 7) is 5.02. The Morgan fingerprint density at radius 3 is 2.50 bits per heavy atom. The molecule has 0 radical (unpaired) electrons. The second-order valence-electron chi connectivity index (χ2n) is 4.84. The Hall–Kier alpha value is 0.01000. The number of hydrogen-bond donors (Lipinski definition) is 1. The van der Waals surface area contributed by atoms with Crippen LogP contribution in [0.25, 0.3) is 0 Å². The Morgan fingerprint density at radius 1 is 1.39 bits per heavy atom. The number of benzene rings is 1. The quantitative estimate of drug-likeness (QED) is 0.924. The molecule has 0 bridgehead atoms. The van der Waals surface area contributed by atoms with Gasteiger partial charge in [-0.25, -0.2) is 0 Å². The highest BCUT2D eigenvalue weighted by Crippen LogP contribution is 2.28. The highest BCUT2D eigenvalue weighted by Gasteiger charge is 2.25. The van der Waals surface area contributed by atoms with Crippen molar-refractivity contribution in [1.82, 2.24) is 4.90 Å². The van der Waals surface area contributed by atoms with Gasteiger partial charge in [0.05, 0.1) is 0 Å². The molecule has 1 fully saturated rings. The molecule has 2 unspecified atom stereocenters. The summed E-state index contributed by atoms with van der Waals surface area (Å²) in [5.41, 5.74) is 6.96. The van der Waals surface area contributed by atoms with E-state index in [2.05, 4.69) is 11.8 Å². The van der Waals surface area contributed by atoms with E-state index in [1.54, 1.807) is 0 Å². The molecule has 1 heterocycles. The molecule has 0 aliphatic carbocycles. The second kappa shape index (κ2) is 6.97. The second-order valence-corrected chi connectivity index (χ2v) is 5.66. The van der Waals surface area contributed by atoms with Crippen molar-refractivity contribution in [2.24, 2.45) is 11.7 Å². The van der Waals surface area contributed by atoms with Gasteiger partial charge in [-0.05, 0) is 37.9 Å². The van der Waals surface area contributed by atoms with Crippen LogP contribution in [-0.4, -0.2) is 24.0 Å². The average molecular weight is 310 g/mol. The molecule has 18 heavy (non-hydrogen) atoms. The van der Waals surface area contributed by atoms with Crippen LogP contribution in [-0.2, 0) is 6.54 Å². The van der Waals surface area contributed by atoms with Crippen molar-refractivity contribution in [3.8, 4) is 0 Å². The molecule has 0 spiro atoms. The molecule has 1 aromatic carbocycles. The third-order valence-corrected chi connectivity index (χ3v) is 4.20. The highest BCUT2D eigenvalue weighted by atomic mass is 35.5. The van der Waals surface area contributed by atoms with Crippen LogP contribution in [0.3, 0.4) is 0 Å². The first-order chi connectivity index (χ1) is 8.08. The van der Waals surface area contributed by atoms with Crippen LogP contribution in [0.5, 0.6) is 0 Å². The van der Waals surface area contributed by atoms with E-state index < -0.39 is 0 Å². The van der Waals surface area contributed by atoms with E-state index in [4.69, 9.17) is 28.9 Å². The van der Waals surface area contributed by atoms with Crippen molar-refractivity contribution in [2.45, 2.75) is 25.9 Å². The van der Waals surface area contributed by atoms with Gasteiger partial charge < -0.3 is 5.73 Å². The predicted molar refractivity (Wildman–Crippen MR) is 80.7 cm³/mol. The molecule has 102 valence electrons. The van der Waals surface area contributed by atoms with Crippen LogP contribution in [0.2, 0.25) is 10.0 Å². The lowest BCUT2D eigenvalue weighted by Gasteiger charge is -2.19. The van der Waals surface area contributed by atoms with E-state index in [0.717, 1.165) is 35.2 Å². The summed E-state index contributed by atoms with van der Waals surface area (Å²) < 4.78 is 0. The van der Waals surface area contributed by atoms with E-state index in [0.29, 0.717) is 5.92 Å². The molecule has 2 rings (SSSR count). The van der Waals surface area contributed by atoms with Gasteiger partial charge in [-0.2, -0.15) is 0 Å². The van der Waals surface area contributed by atoms with Crippen LogP contribution >= 0.6 is 35.6 Å². The monoisotopic (exact) mass is 308 g/mol. The minimum absolute atomic E-state index is 0. The molecule has 2 atom stereocenters. The van der Waals surface area contributed by atoms with Crippen molar-refractivity contribution in [2.75, 3.05) is 13.1 Å². The van der Waals surface area contributed by atoms with Crippen LogP contribution in [0.1, 0.15) is 18.9 Å².